The lowest BCUT2D eigenvalue weighted by atomic mass is 9.95. The Bertz CT molecular complexity index is 1260. The van der Waals surface area contributed by atoms with E-state index in [0.717, 1.165) is 40.1 Å². The fourth-order valence-corrected chi connectivity index (χ4v) is 6.68. The van der Waals surface area contributed by atoms with Crippen LogP contribution in [0.4, 0.5) is 5.69 Å². The molecule has 0 spiro atoms. The third kappa shape index (κ3) is 6.14. The third-order valence-electron chi connectivity index (χ3n) is 6.18. The van der Waals surface area contributed by atoms with E-state index in [2.05, 4.69) is 31.5 Å². The Morgan fingerprint density at radius 3 is 2.66 bits per heavy atom. The second-order valence-electron chi connectivity index (χ2n) is 8.92. The minimum atomic E-state index is -3.59. The smallest absolute Gasteiger partial charge is 0.242 e. The maximum atomic E-state index is 12.8. The molecule has 0 saturated heterocycles. The van der Waals surface area contributed by atoms with E-state index >= 15 is 0 Å². The molecule has 1 aromatic carbocycles. The second-order valence-corrected chi connectivity index (χ2v) is 13.0. The van der Waals surface area contributed by atoms with Crippen molar-refractivity contribution in [3.8, 4) is 0 Å². The number of hydrogen-bond donors (Lipinski definition) is 1. The normalized spacial score (nSPS) is 15.0. The summed E-state index contributed by atoms with van der Waals surface area (Å²) in [4.78, 5) is 14.2. The van der Waals surface area contributed by atoms with Gasteiger partial charge in [-0.1, -0.05) is 43.2 Å². The van der Waals surface area contributed by atoms with Crippen molar-refractivity contribution in [2.24, 2.45) is 0 Å². The van der Waals surface area contributed by atoms with E-state index in [1.807, 2.05) is 13.0 Å². The van der Waals surface area contributed by atoms with Gasteiger partial charge in [-0.3, -0.25) is 4.79 Å². The van der Waals surface area contributed by atoms with Crippen LogP contribution in [0.1, 0.15) is 54.4 Å². The van der Waals surface area contributed by atoms with Crippen LogP contribution in [0.2, 0.25) is 0 Å². The highest BCUT2D eigenvalue weighted by Crippen LogP contribution is 2.33. The van der Waals surface area contributed by atoms with E-state index in [9.17, 15) is 13.2 Å². The van der Waals surface area contributed by atoms with E-state index in [1.165, 1.54) is 56.1 Å². The van der Waals surface area contributed by atoms with Crippen LogP contribution < -0.4 is 5.32 Å². The van der Waals surface area contributed by atoms with Gasteiger partial charge in [0.1, 0.15) is 5.82 Å². The van der Waals surface area contributed by atoms with Crippen molar-refractivity contribution < 1.29 is 13.2 Å². The Labute approximate surface area is 215 Å². The number of rotatable bonds is 9. The van der Waals surface area contributed by atoms with Gasteiger partial charge in [0.2, 0.25) is 15.9 Å². The van der Waals surface area contributed by atoms with E-state index in [-0.39, 0.29) is 16.6 Å². The van der Waals surface area contributed by atoms with Gasteiger partial charge in [0.05, 0.1) is 10.6 Å². The quantitative estimate of drug-likeness (QED) is 0.400. The van der Waals surface area contributed by atoms with Gasteiger partial charge in [0.15, 0.2) is 5.16 Å². The number of sulfonamides is 1. The summed E-state index contributed by atoms with van der Waals surface area (Å²) in [5, 5.41) is 14.6. The number of carbonyl (C=O) groups excluding carboxylic acids is 1. The predicted octanol–water partition coefficient (Wildman–Crippen LogP) is 4.73. The van der Waals surface area contributed by atoms with Gasteiger partial charge >= 0.3 is 0 Å². The van der Waals surface area contributed by atoms with Crippen molar-refractivity contribution in [1.82, 2.24) is 19.1 Å². The zero-order valence-corrected chi connectivity index (χ0v) is 22.7. The van der Waals surface area contributed by atoms with Crippen molar-refractivity contribution in [2.75, 3.05) is 25.2 Å². The molecule has 1 N–H and O–H groups in total. The Hall–Kier alpha value is -2.21. The highest BCUT2D eigenvalue weighted by Gasteiger charge is 2.24. The number of amides is 1. The number of thioether (sulfide) groups is 1. The summed E-state index contributed by atoms with van der Waals surface area (Å²) in [5.41, 5.74) is 1.29. The highest BCUT2D eigenvalue weighted by atomic mass is 32.2. The standard InChI is InChI=1S/C24H31N5O3S3/c1-17-11-12-20(35(31,32)28(2)3)15-21(17)25-23(30)16-34-24-27-26-22(14-19-10-7-13-33-19)29(24)18-8-5-4-6-9-18/h7,10-13,15,18H,4-6,8-9,14,16H2,1-3H3,(H,25,30). The van der Waals surface area contributed by atoms with Gasteiger partial charge in [-0.25, -0.2) is 12.7 Å². The lowest BCUT2D eigenvalue weighted by molar-refractivity contribution is -0.113. The number of thiophene rings is 1. The number of hydrogen-bond acceptors (Lipinski definition) is 7. The Morgan fingerprint density at radius 2 is 1.97 bits per heavy atom. The van der Waals surface area contributed by atoms with E-state index in [0.29, 0.717) is 11.7 Å². The fraction of sp³-hybridized carbons (Fsp3) is 0.458. The molecule has 0 bridgehead atoms. The molecular weight excluding hydrogens is 502 g/mol. The molecular formula is C24H31N5O3S3. The van der Waals surface area contributed by atoms with Crippen molar-refractivity contribution in [3.05, 3.63) is 52.0 Å². The Kier molecular flexibility index (Phi) is 8.31. The molecule has 4 rings (SSSR count). The molecule has 8 nitrogen and oxygen atoms in total. The molecule has 2 heterocycles. The first-order valence-electron chi connectivity index (χ1n) is 11.7. The average Bonchev–Trinajstić information content (AvgIpc) is 3.49. The lowest BCUT2D eigenvalue weighted by Gasteiger charge is -2.25. The average molecular weight is 534 g/mol. The number of carbonyl (C=O) groups is 1. The molecule has 0 unspecified atom stereocenters. The third-order valence-corrected chi connectivity index (χ3v) is 9.81. The van der Waals surface area contributed by atoms with Gasteiger partial charge < -0.3 is 9.88 Å². The summed E-state index contributed by atoms with van der Waals surface area (Å²) >= 11 is 3.09. The molecule has 1 fully saturated rings. The number of aryl methyl sites for hydroxylation is 1. The summed E-state index contributed by atoms with van der Waals surface area (Å²) in [6.45, 7) is 1.84. The van der Waals surface area contributed by atoms with Crippen molar-refractivity contribution in [3.63, 3.8) is 0 Å². The minimum Gasteiger partial charge on any atom is -0.325 e. The molecule has 2 aromatic heterocycles. The van der Waals surface area contributed by atoms with Gasteiger partial charge in [-0.15, -0.1) is 21.5 Å². The Balaban J connectivity index is 1.49. The van der Waals surface area contributed by atoms with E-state index < -0.39 is 10.0 Å². The van der Waals surface area contributed by atoms with Crippen molar-refractivity contribution in [2.45, 2.75) is 61.5 Å². The summed E-state index contributed by atoms with van der Waals surface area (Å²) in [5.74, 6) is 0.892. The zero-order chi connectivity index (χ0) is 25.0. The molecule has 0 atom stereocenters. The monoisotopic (exact) mass is 533 g/mol. The highest BCUT2D eigenvalue weighted by molar-refractivity contribution is 7.99. The molecule has 0 radical (unpaired) electrons. The van der Waals surface area contributed by atoms with Gasteiger partial charge in [0.25, 0.3) is 0 Å². The van der Waals surface area contributed by atoms with Crippen LogP contribution >= 0.6 is 23.1 Å². The molecule has 1 saturated carbocycles. The maximum absolute atomic E-state index is 12.8. The fourth-order valence-electron chi connectivity index (χ4n) is 4.22. The van der Waals surface area contributed by atoms with E-state index in [1.54, 1.807) is 23.5 Å². The zero-order valence-electron chi connectivity index (χ0n) is 20.2. The number of benzene rings is 1. The number of nitrogens with zero attached hydrogens (tertiary/aromatic N) is 4. The lowest BCUT2D eigenvalue weighted by Crippen LogP contribution is -2.23. The molecule has 1 aliphatic rings. The first-order valence-corrected chi connectivity index (χ1v) is 15.0. The van der Waals surface area contributed by atoms with Gasteiger partial charge in [0, 0.05) is 37.1 Å². The molecule has 1 aliphatic carbocycles. The number of aromatic nitrogens is 3. The second kappa shape index (κ2) is 11.2. The van der Waals surface area contributed by atoms with Crippen LogP contribution in [0.25, 0.3) is 0 Å². The van der Waals surface area contributed by atoms with Crippen molar-refractivity contribution >= 4 is 44.7 Å². The molecule has 35 heavy (non-hydrogen) atoms. The molecule has 0 aliphatic heterocycles. The van der Waals surface area contributed by atoms with Crippen LogP contribution in [0, 0.1) is 6.92 Å². The van der Waals surface area contributed by atoms with Crippen molar-refractivity contribution in [1.29, 1.82) is 0 Å². The molecule has 3 aromatic rings. The summed E-state index contributed by atoms with van der Waals surface area (Å²) < 4.78 is 28.4. The van der Waals surface area contributed by atoms with Gasteiger partial charge in [-0.2, -0.15) is 0 Å². The maximum Gasteiger partial charge on any atom is 0.242 e. The predicted molar refractivity (Wildman–Crippen MR) is 141 cm³/mol. The summed E-state index contributed by atoms with van der Waals surface area (Å²) in [6, 6.07) is 9.28. The van der Waals surface area contributed by atoms with Gasteiger partial charge in [-0.05, 0) is 48.9 Å². The SMILES string of the molecule is Cc1ccc(S(=O)(=O)N(C)C)cc1NC(=O)CSc1nnc(Cc2cccs2)n1C1CCCCC1. The van der Waals surface area contributed by atoms with Crippen LogP contribution in [0.5, 0.6) is 0 Å². The first-order chi connectivity index (χ1) is 16.8. The number of anilines is 1. The van der Waals surface area contributed by atoms with Crippen LogP contribution in [-0.2, 0) is 21.2 Å². The molecule has 11 heteroatoms. The molecule has 1 amide bonds. The first kappa shape index (κ1) is 25.9. The summed E-state index contributed by atoms with van der Waals surface area (Å²) in [7, 11) is -0.617. The summed E-state index contributed by atoms with van der Waals surface area (Å²) in [6.07, 6.45) is 6.57. The largest absolute Gasteiger partial charge is 0.325 e. The topological polar surface area (TPSA) is 97.2 Å². The van der Waals surface area contributed by atoms with Crippen LogP contribution in [0.15, 0.2) is 45.8 Å². The minimum absolute atomic E-state index is 0.145. The Morgan fingerprint density at radius 1 is 1.20 bits per heavy atom. The van der Waals surface area contributed by atoms with Crippen LogP contribution in [-0.4, -0.2) is 53.2 Å². The molecule has 188 valence electrons. The van der Waals surface area contributed by atoms with E-state index in [4.69, 9.17) is 0 Å². The number of nitrogens with one attached hydrogen (secondary N) is 1. The van der Waals surface area contributed by atoms with Crippen LogP contribution in [0.3, 0.4) is 0 Å².